The lowest BCUT2D eigenvalue weighted by Gasteiger charge is -2.20. The molecule has 0 aliphatic carbocycles. The van der Waals surface area contributed by atoms with E-state index in [9.17, 15) is 0 Å². The molecule has 0 bridgehead atoms. The van der Waals surface area contributed by atoms with Crippen LogP contribution in [0.5, 0.6) is 0 Å². The zero-order valence-electron chi connectivity index (χ0n) is 10.0. The maximum Gasteiger partial charge on any atom is 0.122 e. The molecule has 1 aliphatic rings. The van der Waals surface area contributed by atoms with E-state index in [1.807, 2.05) is 7.05 Å². The summed E-state index contributed by atoms with van der Waals surface area (Å²) in [5.74, 6) is 0. The number of nitrogens with one attached hydrogen (secondary N) is 1. The first-order valence-electron chi connectivity index (χ1n) is 6.02. The Bertz CT molecular complexity index is 321. The lowest BCUT2D eigenvalue weighted by molar-refractivity contribution is 0.0147. The van der Waals surface area contributed by atoms with Crippen molar-refractivity contribution < 1.29 is 4.74 Å². The predicted molar refractivity (Wildman–Crippen MR) is 66.9 cm³/mol. The van der Waals surface area contributed by atoms with Crippen molar-refractivity contribution >= 4 is 11.3 Å². The first kappa shape index (κ1) is 12.0. The number of hydrogen-bond donors (Lipinski definition) is 1. The Balaban J connectivity index is 1.95. The zero-order chi connectivity index (χ0) is 11.4. The van der Waals surface area contributed by atoms with E-state index in [0.717, 1.165) is 24.5 Å². The highest BCUT2D eigenvalue weighted by molar-refractivity contribution is 7.09. The van der Waals surface area contributed by atoms with Crippen LogP contribution in [0.3, 0.4) is 0 Å². The molecule has 90 valence electrons. The van der Waals surface area contributed by atoms with Crippen molar-refractivity contribution in [2.45, 2.75) is 44.8 Å². The van der Waals surface area contributed by atoms with Gasteiger partial charge in [0, 0.05) is 24.4 Å². The van der Waals surface area contributed by atoms with Crippen molar-refractivity contribution in [3.05, 3.63) is 16.1 Å². The molecule has 16 heavy (non-hydrogen) atoms. The van der Waals surface area contributed by atoms with E-state index in [-0.39, 0.29) is 6.10 Å². The minimum atomic E-state index is 0.261. The lowest BCUT2D eigenvalue weighted by atomic mass is 10.1. The first-order chi connectivity index (χ1) is 7.79. The standard InChI is InChI=1S/C12H20N2OS/c1-9(13-2)7-10-8-16-12(14-10)11-5-3-4-6-15-11/h8-9,11,13H,3-7H2,1-2H3. The topological polar surface area (TPSA) is 34.1 Å². The molecule has 1 aromatic heterocycles. The molecule has 4 heteroatoms. The SMILES string of the molecule is CNC(C)Cc1csc(C2CCCCO2)n1. The molecule has 1 saturated heterocycles. The molecule has 0 aromatic carbocycles. The highest BCUT2D eigenvalue weighted by Crippen LogP contribution is 2.30. The van der Waals surface area contributed by atoms with E-state index in [1.54, 1.807) is 11.3 Å². The molecule has 2 heterocycles. The van der Waals surface area contributed by atoms with E-state index < -0.39 is 0 Å². The molecule has 1 N–H and O–H groups in total. The Morgan fingerprint density at radius 1 is 1.62 bits per heavy atom. The summed E-state index contributed by atoms with van der Waals surface area (Å²) in [6.07, 6.45) is 4.86. The average Bonchev–Trinajstić information content (AvgIpc) is 2.78. The van der Waals surface area contributed by atoms with Gasteiger partial charge >= 0.3 is 0 Å². The van der Waals surface area contributed by atoms with Crippen LogP contribution < -0.4 is 5.32 Å². The van der Waals surface area contributed by atoms with Gasteiger partial charge in [-0.25, -0.2) is 4.98 Å². The van der Waals surface area contributed by atoms with Gasteiger partial charge in [-0.05, 0) is 33.2 Å². The lowest BCUT2D eigenvalue weighted by Crippen LogP contribution is -2.23. The largest absolute Gasteiger partial charge is 0.371 e. The Hall–Kier alpha value is -0.450. The summed E-state index contributed by atoms with van der Waals surface area (Å²) in [6, 6.07) is 0.488. The summed E-state index contributed by atoms with van der Waals surface area (Å²) in [7, 11) is 1.99. The quantitative estimate of drug-likeness (QED) is 0.878. The molecular formula is C12H20N2OS. The molecule has 1 aliphatic heterocycles. The third-order valence-electron chi connectivity index (χ3n) is 3.03. The smallest absolute Gasteiger partial charge is 0.122 e. The molecule has 1 fully saturated rings. The van der Waals surface area contributed by atoms with Gasteiger partial charge in [-0.2, -0.15) is 0 Å². The Kier molecular flexibility index (Phi) is 4.32. The van der Waals surface area contributed by atoms with Crippen LogP contribution in [0.1, 0.15) is 43.0 Å². The van der Waals surface area contributed by atoms with Gasteiger partial charge in [0.05, 0.1) is 5.69 Å². The second kappa shape index (κ2) is 5.75. The first-order valence-corrected chi connectivity index (χ1v) is 6.90. The summed E-state index contributed by atoms with van der Waals surface area (Å²) < 4.78 is 5.74. The van der Waals surface area contributed by atoms with Crippen LogP contribution in [0.4, 0.5) is 0 Å². The molecule has 0 amide bonds. The van der Waals surface area contributed by atoms with Crippen molar-refractivity contribution in [1.82, 2.24) is 10.3 Å². The van der Waals surface area contributed by atoms with Crippen molar-refractivity contribution in [1.29, 1.82) is 0 Å². The Labute approximate surface area is 101 Å². The van der Waals surface area contributed by atoms with Crippen molar-refractivity contribution in [3.63, 3.8) is 0 Å². The fourth-order valence-corrected chi connectivity index (χ4v) is 2.83. The van der Waals surface area contributed by atoms with Crippen molar-refractivity contribution in [2.75, 3.05) is 13.7 Å². The molecule has 1 aromatic rings. The van der Waals surface area contributed by atoms with Gasteiger partial charge in [0.15, 0.2) is 0 Å². The van der Waals surface area contributed by atoms with Crippen LogP contribution >= 0.6 is 11.3 Å². The van der Waals surface area contributed by atoms with Crippen molar-refractivity contribution in [2.24, 2.45) is 0 Å². The highest BCUT2D eigenvalue weighted by atomic mass is 32.1. The van der Waals surface area contributed by atoms with Gasteiger partial charge in [0.25, 0.3) is 0 Å². The summed E-state index contributed by atoms with van der Waals surface area (Å²) in [5, 5.41) is 6.57. The molecule has 2 atom stereocenters. The fraction of sp³-hybridized carbons (Fsp3) is 0.750. The Morgan fingerprint density at radius 2 is 2.50 bits per heavy atom. The van der Waals surface area contributed by atoms with Crippen LogP contribution in [0, 0.1) is 0 Å². The number of likely N-dealkylation sites (N-methyl/N-ethyl adjacent to an activating group) is 1. The monoisotopic (exact) mass is 240 g/mol. The molecule has 2 rings (SSSR count). The molecule has 3 nitrogen and oxygen atoms in total. The van der Waals surface area contributed by atoms with E-state index in [0.29, 0.717) is 6.04 Å². The fourth-order valence-electron chi connectivity index (χ4n) is 1.92. The summed E-state index contributed by atoms with van der Waals surface area (Å²) in [4.78, 5) is 4.68. The number of aromatic nitrogens is 1. The number of ether oxygens (including phenoxy) is 1. The van der Waals surface area contributed by atoms with Gasteiger partial charge in [0.2, 0.25) is 0 Å². The average molecular weight is 240 g/mol. The van der Waals surface area contributed by atoms with Crippen LogP contribution in [-0.4, -0.2) is 24.7 Å². The van der Waals surface area contributed by atoms with Crippen LogP contribution in [0.25, 0.3) is 0 Å². The van der Waals surface area contributed by atoms with Gasteiger partial charge in [-0.3, -0.25) is 0 Å². The number of hydrogen-bond acceptors (Lipinski definition) is 4. The zero-order valence-corrected chi connectivity index (χ0v) is 10.8. The van der Waals surface area contributed by atoms with Gasteiger partial charge in [-0.1, -0.05) is 0 Å². The van der Waals surface area contributed by atoms with E-state index in [4.69, 9.17) is 4.74 Å². The second-order valence-corrected chi connectivity index (χ2v) is 5.32. The maximum absolute atomic E-state index is 5.74. The minimum Gasteiger partial charge on any atom is -0.371 e. The summed E-state index contributed by atoms with van der Waals surface area (Å²) >= 11 is 1.74. The van der Waals surface area contributed by atoms with Crippen LogP contribution in [-0.2, 0) is 11.2 Å². The van der Waals surface area contributed by atoms with Crippen molar-refractivity contribution in [3.8, 4) is 0 Å². The highest BCUT2D eigenvalue weighted by Gasteiger charge is 2.19. The molecule has 0 saturated carbocycles. The van der Waals surface area contributed by atoms with Gasteiger partial charge < -0.3 is 10.1 Å². The van der Waals surface area contributed by atoms with Crippen LogP contribution in [0.15, 0.2) is 5.38 Å². The van der Waals surface area contributed by atoms with E-state index in [1.165, 1.54) is 18.5 Å². The summed E-state index contributed by atoms with van der Waals surface area (Å²) in [6.45, 7) is 3.07. The number of rotatable bonds is 4. The second-order valence-electron chi connectivity index (χ2n) is 4.43. The number of thiazole rings is 1. The molecule has 0 spiro atoms. The molecular weight excluding hydrogens is 220 g/mol. The summed E-state index contributed by atoms with van der Waals surface area (Å²) in [5.41, 5.74) is 1.19. The van der Waals surface area contributed by atoms with E-state index >= 15 is 0 Å². The molecule has 2 unspecified atom stereocenters. The Morgan fingerprint density at radius 3 is 3.19 bits per heavy atom. The third-order valence-corrected chi connectivity index (χ3v) is 4.02. The predicted octanol–water partition coefficient (Wildman–Crippen LogP) is 2.54. The number of nitrogens with zero attached hydrogens (tertiary/aromatic N) is 1. The van der Waals surface area contributed by atoms with E-state index in [2.05, 4.69) is 22.6 Å². The maximum atomic E-state index is 5.74. The third kappa shape index (κ3) is 3.03. The molecule has 0 radical (unpaired) electrons. The minimum absolute atomic E-state index is 0.261. The van der Waals surface area contributed by atoms with Gasteiger partial charge in [-0.15, -0.1) is 11.3 Å². The van der Waals surface area contributed by atoms with Crippen LogP contribution in [0.2, 0.25) is 0 Å². The van der Waals surface area contributed by atoms with Gasteiger partial charge in [0.1, 0.15) is 11.1 Å². The normalized spacial score (nSPS) is 23.2.